The van der Waals surface area contributed by atoms with Gasteiger partial charge in [0.15, 0.2) is 0 Å². The number of aromatic nitrogens is 1. The second-order valence-electron chi connectivity index (χ2n) is 6.35. The van der Waals surface area contributed by atoms with Crippen molar-refractivity contribution in [3.8, 4) is 0 Å². The maximum Gasteiger partial charge on any atom is 0.222 e. The van der Waals surface area contributed by atoms with Crippen LogP contribution in [-0.4, -0.2) is 31.3 Å². The highest BCUT2D eigenvalue weighted by Gasteiger charge is 2.27. The fraction of sp³-hybridized carbons (Fsp3) is 0.381. The van der Waals surface area contributed by atoms with Crippen molar-refractivity contribution in [1.82, 2.24) is 4.98 Å². The van der Waals surface area contributed by atoms with Crippen LogP contribution in [0.3, 0.4) is 0 Å². The fourth-order valence-electron chi connectivity index (χ4n) is 3.22. The van der Waals surface area contributed by atoms with Crippen LogP contribution >= 0.6 is 0 Å². The van der Waals surface area contributed by atoms with Gasteiger partial charge in [0.2, 0.25) is 5.95 Å². The van der Waals surface area contributed by atoms with Crippen LogP contribution in [0.1, 0.15) is 31.7 Å². The molecule has 138 valence electrons. The Hall–Kier alpha value is -2.40. The number of hydrogen-bond acceptors (Lipinski definition) is 4. The van der Waals surface area contributed by atoms with Crippen molar-refractivity contribution in [2.45, 2.75) is 38.4 Å². The lowest BCUT2D eigenvalue weighted by molar-refractivity contribution is 0.138. The third kappa shape index (κ3) is 4.05. The number of hydrogen-bond donors (Lipinski definition) is 1. The van der Waals surface area contributed by atoms with E-state index in [0.29, 0.717) is 11.4 Å². The van der Waals surface area contributed by atoms with Crippen LogP contribution < -0.4 is 5.32 Å². The van der Waals surface area contributed by atoms with Crippen LogP contribution in [0.4, 0.5) is 10.2 Å². The molecule has 0 saturated carbocycles. The van der Waals surface area contributed by atoms with E-state index < -0.39 is 5.95 Å². The molecular formula is C21H25FN2O2. The van der Waals surface area contributed by atoms with Crippen molar-refractivity contribution in [3.05, 3.63) is 65.4 Å². The molecule has 0 bridgehead atoms. The number of anilines is 1. The molecule has 0 aromatic carbocycles. The Morgan fingerprint density at radius 1 is 1.46 bits per heavy atom. The molecular weight excluding hydrogens is 331 g/mol. The summed E-state index contributed by atoms with van der Waals surface area (Å²) in [5, 5.41) is 2.84. The summed E-state index contributed by atoms with van der Waals surface area (Å²) in [6, 6.07) is 3.54. The average molecular weight is 356 g/mol. The summed E-state index contributed by atoms with van der Waals surface area (Å²) in [7, 11) is 3.45. The summed E-state index contributed by atoms with van der Waals surface area (Å²) in [5.41, 5.74) is 2.64. The molecule has 2 atom stereocenters. The van der Waals surface area contributed by atoms with Crippen LogP contribution in [0.2, 0.25) is 0 Å². The third-order valence-electron chi connectivity index (χ3n) is 4.70. The van der Waals surface area contributed by atoms with E-state index in [1.54, 1.807) is 26.3 Å². The van der Waals surface area contributed by atoms with Crippen molar-refractivity contribution in [2.24, 2.45) is 0 Å². The fourth-order valence-corrected chi connectivity index (χ4v) is 3.22. The second kappa shape index (κ2) is 8.32. The van der Waals surface area contributed by atoms with Gasteiger partial charge in [-0.1, -0.05) is 19.1 Å². The molecule has 2 heterocycles. The molecule has 1 aliphatic carbocycles. The van der Waals surface area contributed by atoms with Crippen molar-refractivity contribution in [1.29, 1.82) is 0 Å². The first-order valence-corrected chi connectivity index (χ1v) is 8.97. The van der Waals surface area contributed by atoms with Crippen molar-refractivity contribution in [3.63, 3.8) is 0 Å². The summed E-state index contributed by atoms with van der Waals surface area (Å²) in [5.74, 6) is 1.03. The van der Waals surface area contributed by atoms with Crippen LogP contribution in [0.25, 0.3) is 5.57 Å². The highest BCUT2D eigenvalue weighted by Crippen LogP contribution is 2.34. The van der Waals surface area contributed by atoms with Gasteiger partial charge in [-0.15, -0.1) is 0 Å². The van der Waals surface area contributed by atoms with E-state index in [9.17, 15) is 4.39 Å². The number of rotatable bonds is 6. The van der Waals surface area contributed by atoms with Crippen LogP contribution in [-0.2, 0) is 9.47 Å². The van der Waals surface area contributed by atoms with Gasteiger partial charge in [-0.3, -0.25) is 0 Å². The zero-order valence-electron chi connectivity index (χ0n) is 15.5. The van der Waals surface area contributed by atoms with Crippen molar-refractivity contribution >= 4 is 11.4 Å². The zero-order chi connectivity index (χ0) is 18.5. The first kappa shape index (κ1) is 18.4. The minimum absolute atomic E-state index is 0.00658. The summed E-state index contributed by atoms with van der Waals surface area (Å²) >= 11 is 0. The number of nitrogens with zero attached hydrogens (tertiary/aromatic N) is 1. The topological polar surface area (TPSA) is 43.4 Å². The number of nitrogens with one attached hydrogen (secondary N) is 1. The number of methoxy groups -OCH3 is 1. The molecule has 1 N–H and O–H groups in total. The summed E-state index contributed by atoms with van der Waals surface area (Å²) in [6.07, 6.45) is 12.7. The summed E-state index contributed by atoms with van der Waals surface area (Å²) in [6.45, 7) is 2.01. The van der Waals surface area contributed by atoms with Crippen molar-refractivity contribution < 1.29 is 13.9 Å². The predicted octanol–water partition coefficient (Wildman–Crippen LogP) is 4.63. The van der Waals surface area contributed by atoms with E-state index in [2.05, 4.69) is 22.5 Å². The van der Waals surface area contributed by atoms with Crippen LogP contribution in [0.5, 0.6) is 0 Å². The van der Waals surface area contributed by atoms with E-state index in [1.807, 2.05) is 25.2 Å². The standard InChI is InChI=1S/C21H25FN2O2/c1-4-14(18-9-11-20(23-2)24-21(18)22)6-5-7-17-13-15-12-16(25-3)8-10-19(15)26-17/h5-7,9-12,16-17H,4,8,13H2,1-3H3,(H,23,24)/b7-5+,14-6+. The molecule has 5 heteroatoms. The van der Waals surface area contributed by atoms with Gasteiger partial charge in [-0.2, -0.15) is 4.39 Å². The van der Waals surface area contributed by atoms with Crippen molar-refractivity contribution in [2.75, 3.05) is 19.5 Å². The van der Waals surface area contributed by atoms with E-state index in [4.69, 9.17) is 9.47 Å². The maximum atomic E-state index is 14.2. The average Bonchev–Trinajstić information content (AvgIpc) is 3.07. The Labute approximate surface area is 154 Å². The zero-order valence-corrected chi connectivity index (χ0v) is 15.5. The van der Waals surface area contributed by atoms with E-state index in [0.717, 1.165) is 30.6 Å². The molecule has 1 aromatic rings. The molecule has 1 aromatic heterocycles. The van der Waals surface area contributed by atoms with Crippen LogP contribution in [0.15, 0.2) is 53.8 Å². The van der Waals surface area contributed by atoms with Gasteiger partial charge < -0.3 is 14.8 Å². The van der Waals surface area contributed by atoms with E-state index in [-0.39, 0.29) is 12.2 Å². The first-order valence-electron chi connectivity index (χ1n) is 8.97. The number of ether oxygens (including phenoxy) is 2. The Morgan fingerprint density at radius 3 is 3.00 bits per heavy atom. The summed E-state index contributed by atoms with van der Waals surface area (Å²) < 4.78 is 25.6. The lowest BCUT2D eigenvalue weighted by Gasteiger charge is -2.14. The Balaban J connectivity index is 1.70. The molecule has 26 heavy (non-hydrogen) atoms. The third-order valence-corrected chi connectivity index (χ3v) is 4.70. The van der Waals surface area contributed by atoms with Gasteiger partial charge in [0, 0.05) is 26.1 Å². The lowest BCUT2D eigenvalue weighted by Crippen LogP contribution is -2.10. The van der Waals surface area contributed by atoms with Gasteiger partial charge in [0.25, 0.3) is 0 Å². The molecule has 0 spiro atoms. The second-order valence-corrected chi connectivity index (χ2v) is 6.35. The minimum atomic E-state index is -0.456. The molecule has 2 aliphatic rings. The highest BCUT2D eigenvalue weighted by atomic mass is 19.1. The highest BCUT2D eigenvalue weighted by molar-refractivity contribution is 5.67. The number of pyridine rings is 1. The normalized spacial score (nSPS) is 22.7. The monoisotopic (exact) mass is 356 g/mol. The lowest BCUT2D eigenvalue weighted by atomic mass is 10.0. The largest absolute Gasteiger partial charge is 0.486 e. The molecule has 4 nitrogen and oxygen atoms in total. The smallest absolute Gasteiger partial charge is 0.222 e. The summed E-state index contributed by atoms with van der Waals surface area (Å²) in [4.78, 5) is 3.92. The first-order chi connectivity index (χ1) is 12.6. The van der Waals surface area contributed by atoms with Gasteiger partial charge >= 0.3 is 0 Å². The Kier molecular flexibility index (Phi) is 5.89. The Bertz CT molecular complexity index is 780. The van der Waals surface area contributed by atoms with E-state index in [1.165, 1.54) is 5.57 Å². The number of allylic oxidation sites excluding steroid dienone is 4. The molecule has 1 aliphatic heterocycles. The molecule has 1 saturated heterocycles. The molecule has 0 radical (unpaired) electrons. The van der Waals surface area contributed by atoms with E-state index >= 15 is 0 Å². The maximum absolute atomic E-state index is 14.2. The molecule has 0 amide bonds. The SMILES string of the molecule is CC/C(=C\C=C\C1CC2=CC(OC)CC=C2O1)c1ccc(NC)nc1F. The number of fused-ring (bicyclic) bond motifs is 1. The molecule has 1 fully saturated rings. The van der Waals surface area contributed by atoms with Gasteiger partial charge in [-0.25, -0.2) is 4.98 Å². The van der Waals surface area contributed by atoms with Gasteiger partial charge in [0.1, 0.15) is 17.7 Å². The van der Waals surface area contributed by atoms with Crippen LogP contribution in [0, 0.1) is 5.95 Å². The quantitative estimate of drug-likeness (QED) is 0.596. The number of halogens is 1. The Morgan fingerprint density at radius 2 is 2.31 bits per heavy atom. The van der Waals surface area contributed by atoms with Gasteiger partial charge in [-0.05, 0) is 54.3 Å². The molecule has 3 rings (SSSR count). The van der Waals surface area contributed by atoms with Gasteiger partial charge in [0.05, 0.1) is 6.10 Å². The minimum Gasteiger partial charge on any atom is -0.486 e. The predicted molar refractivity (Wildman–Crippen MR) is 102 cm³/mol. The molecule has 2 unspecified atom stereocenters.